The number of carbonyl (C=O) groups is 1. The van der Waals surface area contributed by atoms with Gasteiger partial charge in [-0.3, -0.25) is 9.69 Å². The number of aromatic nitrogens is 1. The van der Waals surface area contributed by atoms with Crippen molar-refractivity contribution in [3.8, 4) is 0 Å². The number of pyridine rings is 1. The average Bonchev–Trinajstić information content (AvgIpc) is 2.93. The van der Waals surface area contributed by atoms with Crippen molar-refractivity contribution in [3.63, 3.8) is 0 Å². The van der Waals surface area contributed by atoms with Crippen LogP contribution in [-0.4, -0.2) is 48.0 Å². The van der Waals surface area contributed by atoms with Crippen LogP contribution in [0.1, 0.15) is 63.4 Å². The molecule has 1 aromatic rings. The predicted octanol–water partition coefficient (Wildman–Crippen LogP) is 4.11. The molecule has 1 aliphatic heterocycles. The van der Waals surface area contributed by atoms with Gasteiger partial charge in [0.15, 0.2) is 0 Å². The highest BCUT2D eigenvalue weighted by molar-refractivity contribution is 5.93. The third-order valence-corrected chi connectivity index (χ3v) is 6.33. The number of nitroso groups, excluding NO2 is 1. The maximum atomic E-state index is 11.5. The Bertz CT molecular complexity index is 662. The van der Waals surface area contributed by atoms with Crippen LogP contribution in [0.25, 0.3) is 0 Å². The fourth-order valence-corrected chi connectivity index (χ4v) is 4.60. The lowest BCUT2D eigenvalue weighted by Gasteiger charge is -2.41. The van der Waals surface area contributed by atoms with Crippen LogP contribution >= 0.6 is 0 Å². The molecule has 2 fully saturated rings. The molecule has 0 spiro atoms. The zero-order valence-corrected chi connectivity index (χ0v) is 16.9. The highest BCUT2D eigenvalue weighted by atomic mass is 16.3. The number of rotatable bonds is 3. The molecule has 3 rings (SSSR count). The lowest BCUT2D eigenvalue weighted by atomic mass is 9.71. The van der Waals surface area contributed by atoms with Crippen LogP contribution in [0.15, 0.2) is 23.4 Å². The van der Waals surface area contributed by atoms with Gasteiger partial charge in [0.1, 0.15) is 11.5 Å². The van der Waals surface area contributed by atoms with Gasteiger partial charge < -0.3 is 4.90 Å². The Labute approximate surface area is 162 Å². The number of amides is 1. The fraction of sp³-hybridized carbons (Fsp3) is 0.714. The molecule has 1 saturated heterocycles. The predicted molar refractivity (Wildman–Crippen MR) is 108 cm³/mol. The number of hydrogen-bond donors (Lipinski definition) is 0. The van der Waals surface area contributed by atoms with Crippen molar-refractivity contribution in [1.29, 1.82) is 0 Å². The van der Waals surface area contributed by atoms with Crippen molar-refractivity contribution in [2.45, 2.75) is 58.9 Å². The summed E-state index contributed by atoms with van der Waals surface area (Å²) in [6.07, 6.45) is 6.35. The molecule has 148 valence electrons. The second-order valence-corrected chi connectivity index (χ2v) is 9.03. The molecule has 1 amide bonds. The van der Waals surface area contributed by atoms with E-state index in [9.17, 15) is 9.70 Å². The van der Waals surface area contributed by atoms with Gasteiger partial charge in [0.2, 0.25) is 0 Å². The van der Waals surface area contributed by atoms with E-state index in [4.69, 9.17) is 0 Å². The number of hydrogen-bond acceptors (Lipinski definition) is 5. The quantitative estimate of drug-likeness (QED) is 0.747. The normalized spacial score (nSPS) is 25.1. The summed E-state index contributed by atoms with van der Waals surface area (Å²) in [4.78, 5) is 31.2. The van der Waals surface area contributed by atoms with Crippen molar-refractivity contribution in [2.24, 2.45) is 16.5 Å². The van der Waals surface area contributed by atoms with Crippen molar-refractivity contribution >= 4 is 11.7 Å². The molecule has 6 nitrogen and oxygen atoms in total. The van der Waals surface area contributed by atoms with Crippen LogP contribution in [-0.2, 0) is 0 Å². The van der Waals surface area contributed by atoms with Crippen LogP contribution < -0.4 is 4.90 Å². The summed E-state index contributed by atoms with van der Waals surface area (Å²) in [5.74, 6) is 0.805. The van der Waals surface area contributed by atoms with Crippen LogP contribution in [0, 0.1) is 16.2 Å². The molecule has 0 aromatic carbocycles. The summed E-state index contributed by atoms with van der Waals surface area (Å²) in [7, 11) is 0. The Morgan fingerprint density at radius 2 is 1.81 bits per heavy atom. The zero-order valence-electron chi connectivity index (χ0n) is 16.9. The first-order valence-electron chi connectivity index (χ1n) is 10.2. The van der Waals surface area contributed by atoms with Crippen LogP contribution in [0.2, 0.25) is 0 Å². The lowest BCUT2D eigenvalue weighted by molar-refractivity contribution is 0.0996. The Hall–Kier alpha value is -1.82. The van der Waals surface area contributed by atoms with E-state index in [2.05, 4.69) is 40.7 Å². The molecule has 0 N–H and O–H groups in total. The molecule has 27 heavy (non-hydrogen) atoms. The Morgan fingerprint density at radius 1 is 1.07 bits per heavy atom. The molecule has 0 bridgehead atoms. The van der Waals surface area contributed by atoms with Crippen LogP contribution in [0.3, 0.4) is 0 Å². The van der Waals surface area contributed by atoms with Gasteiger partial charge in [0.25, 0.3) is 0 Å². The standard InChI is InChI=1S/C21H32N4O2/c1-21(2,3)16-8-10-17(11-9-16)24-12-5-13-25(15-14-24)19-7-4-6-18(22-19)20(26)23-27/h4,6-7,16-17H,5,8-15H2,1-3H3. The van der Waals surface area contributed by atoms with E-state index in [1.165, 1.54) is 25.7 Å². The second kappa shape index (κ2) is 8.46. The highest BCUT2D eigenvalue weighted by Gasteiger charge is 2.32. The number of nitrogens with zero attached hydrogens (tertiary/aromatic N) is 4. The molecule has 1 aromatic heterocycles. The van der Waals surface area contributed by atoms with Gasteiger partial charge in [-0.05, 0) is 55.6 Å². The van der Waals surface area contributed by atoms with Crippen molar-refractivity contribution in [3.05, 3.63) is 28.8 Å². The molecule has 0 atom stereocenters. The third-order valence-electron chi connectivity index (χ3n) is 6.33. The minimum atomic E-state index is -0.802. The number of carbonyl (C=O) groups excluding carboxylic acids is 1. The van der Waals surface area contributed by atoms with Gasteiger partial charge in [-0.15, -0.1) is 4.91 Å². The molecule has 6 heteroatoms. The van der Waals surface area contributed by atoms with Gasteiger partial charge in [0, 0.05) is 37.4 Å². The summed E-state index contributed by atoms with van der Waals surface area (Å²) in [6, 6.07) is 5.93. The molecule has 2 heterocycles. The molecule has 1 aliphatic carbocycles. The van der Waals surface area contributed by atoms with Crippen molar-refractivity contribution in [2.75, 3.05) is 31.1 Å². The first kappa shape index (κ1) is 19.9. The lowest BCUT2D eigenvalue weighted by Crippen LogP contribution is -2.42. The SMILES string of the molecule is CC(C)(C)C1CCC(N2CCCN(c3cccc(C(=O)N=O)n3)CC2)CC1. The van der Waals surface area contributed by atoms with Crippen LogP contribution in [0.4, 0.5) is 5.82 Å². The Balaban J connectivity index is 1.58. The van der Waals surface area contributed by atoms with Crippen molar-refractivity contribution < 1.29 is 4.79 Å². The monoisotopic (exact) mass is 372 g/mol. The van der Waals surface area contributed by atoms with Gasteiger partial charge in [-0.2, -0.15) is 0 Å². The van der Waals surface area contributed by atoms with E-state index in [0.717, 1.165) is 44.3 Å². The van der Waals surface area contributed by atoms with E-state index in [1.807, 2.05) is 6.07 Å². The summed E-state index contributed by atoms with van der Waals surface area (Å²) in [5.41, 5.74) is 0.550. The van der Waals surface area contributed by atoms with Gasteiger partial charge in [0.05, 0.1) is 0 Å². The fourth-order valence-electron chi connectivity index (χ4n) is 4.60. The average molecular weight is 373 g/mol. The van der Waals surface area contributed by atoms with E-state index < -0.39 is 5.91 Å². The summed E-state index contributed by atoms with van der Waals surface area (Å²) in [6.45, 7) is 11.1. The van der Waals surface area contributed by atoms with E-state index in [-0.39, 0.29) is 5.69 Å². The minimum Gasteiger partial charge on any atom is -0.355 e. The van der Waals surface area contributed by atoms with E-state index in [1.54, 1.807) is 12.1 Å². The van der Waals surface area contributed by atoms with Gasteiger partial charge in [-0.25, -0.2) is 4.98 Å². The van der Waals surface area contributed by atoms with E-state index in [0.29, 0.717) is 11.5 Å². The molecule has 1 saturated carbocycles. The topological polar surface area (TPSA) is 65.9 Å². The second-order valence-electron chi connectivity index (χ2n) is 9.03. The molecule has 2 aliphatic rings. The van der Waals surface area contributed by atoms with Gasteiger partial charge >= 0.3 is 5.91 Å². The zero-order chi connectivity index (χ0) is 19.4. The minimum absolute atomic E-state index is 0.129. The molecule has 0 unspecified atom stereocenters. The maximum Gasteiger partial charge on any atom is 0.335 e. The molecule has 0 radical (unpaired) electrons. The third kappa shape index (κ3) is 4.92. The summed E-state index contributed by atoms with van der Waals surface area (Å²) < 4.78 is 0. The Kier molecular flexibility index (Phi) is 6.25. The van der Waals surface area contributed by atoms with E-state index >= 15 is 0 Å². The largest absolute Gasteiger partial charge is 0.355 e. The van der Waals surface area contributed by atoms with Crippen LogP contribution in [0.5, 0.6) is 0 Å². The smallest absolute Gasteiger partial charge is 0.335 e. The van der Waals surface area contributed by atoms with Crippen molar-refractivity contribution in [1.82, 2.24) is 9.88 Å². The first-order chi connectivity index (χ1) is 12.9. The summed E-state index contributed by atoms with van der Waals surface area (Å²) in [5, 5.41) is 2.48. The highest BCUT2D eigenvalue weighted by Crippen LogP contribution is 2.39. The molecular weight excluding hydrogens is 340 g/mol. The first-order valence-corrected chi connectivity index (χ1v) is 10.2. The Morgan fingerprint density at radius 3 is 2.48 bits per heavy atom. The number of anilines is 1. The molecular formula is C21H32N4O2. The van der Waals surface area contributed by atoms with Gasteiger partial charge in [-0.1, -0.05) is 26.8 Å². The maximum absolute atomic E-state index is 11.5. The summed E-state index contributed by atoms with van der Waals surface area (Å²) >= 11 is 0.